The van der Waals surface area contributed by atoms with Gasteiger partial charge in [-0.3, -0.25) is 4.79 Å². The molecule has 2 heterocycles. The standard InChI is InChI=1S/C14H16N2O3/c17-14(15-8-11-2-1-5-18-11)7-10-3-4-12-13(6-10)19-9-16-12/h3-4,6,9,11H,1-2,5,7-8H2,(H,15,17). The highest BCUT2D eigenvalue weighted by Crippen LogP contribution is 2.15. The molecule has 5 nitrogen and oxygen atoms in total. The van der Waals surface area contributed by atoms with Gasteiger partial charge in [0.25, 0.3) is 0 Å². The summed E-state index contributed by atoms with van der Waals surface area (Å²) in [6.07, 6.45) is 4.06. The fourth-order valence-electron chi connectivity index (χ4n) is 2.29. The van der Waals surface area contributed by atoms with E-state index in [1.165, 1.54) is 6.39 Å². The van der Waals surface area contributed by atoms with Crippen molar-refractivity contribution in [3.63, 3.8) is 0 Å². The first kappa shape index (κ1) is 12.2. The van der Waals surface area contributed by atoms with Crippen LogP contribution in [0.2, 0.25) is 0 Å². The number of nitrogens with one attached hydrogen (secondary N) is 1. The van der Waals surface area contributed by atoms with Gasteiger partial charge in [0, 0.05) is 13.2 Å². The Balaban J connectivity index is 1.55. The normalized spacial score (nSPS) is 18.8. The van der Waals surface area contributed by atoms with Crippen molar-refractivity contribution in [3.05, 3.63) is 30.2 Å². The van der Waals surface area contributed by atoms with Crippen molar-refractivity contribution in [1.29, 1.82) is 0 Å². The summed E-state index contributed by atoms with van der Waals surface area (Å²) in [5, 5.41) is 2.90. The van der Waals surface area contributed by atoms with Gasteiger partial charge in [-0.2, -0.15) is 0 Å². The summed E-state index contributed by atoms with van der Waals surface area (Å²) in [5.74, 6) is 0.00867. The molecule has 1 aliphatic heterocycles. The Morgan fingerprint density at radius 1 is 1.47 bits per heavy atom. The Hall–Kier alpha value is -1.88. The minimum Gasteiger partial charge on any atom is -0.443 e. The SMILES string of the molecule is O=C(Cc1ccc2ncoc2c1)NCC1CCCO1. The maximum Gasteiger partial charge on any atom is 0.224 e. The van der Waals surface area contributed by atoms with E-state index in [-0.39, 0.29) is 12.0 Å². The monoisotopic (exact) mass is 260 g/mol. The van der Waals surface area contributed by atoms with E-state index in [2.05, 4.69) is 10.3 Å². The van der Waals surface area contributed by atoms with E-state index < -0.39 is 0 Å². The lowest BCUT2D eigenvalue weighted by atomic mass is 10.1. The van der Waals surface area contributed by atoms with E-state index in [0.29, 0.717) is 18.5 Å². The van der Waals surface area contributed by atoms with Crippen molar-refractivity contribution in [2.75, 3.05) is 13.2 Å². The maximum absolute atomic E-state index is 11.8. The Kier molecular flexibility index (Phi) is 3.46. The predicted octanol–water partition coefficient (Wildman–Crippen LogP) is 1.67. The van der Waals surface area contributed by atoms with Gasteiger partial charge in [-0.1, -0.05) is 6.07 Å². The van der Waals surface area contributed by atoms with E-state index >= 15 is 0 Å². The molecule has 1 aliphatic rings. The third-order valence-electron chi connectivity index (χ3n) is 3.31. The number of ether oxygens (including phenoxy) is 1. The average molecular weight is 260 g/mol. The highest BCUT2D eigenvalue weighted by molar-refractivity contribution is 5.80. The lowest BCUT2D eigenvalue weighted by Crippen LogP contribution is -2.32. The van der Waals surface area contributed by atoms with Gasteiger partial charge < -0.3 is 14.5 Å². The molecule has 1 atom stereocenters. The van der Waals surface area contributed by atoms with Crippen molar-refractivity contribution in [2.45, 2.75) is 25.4 Å². The Morgan fingerprint density at radius 3 is 3.26 bits per heavy atom. The summed E-state index contributed by atoms with van der Waals surface area (Å²) in [6, 6.07) is 5.62. The molecule has 1 saturated heterocycles. The van der Waals surface area contributed by atoms with E-state index in [1.807, 2.05) is 18.2 Å². The fourth-order valence-corrected chi connectivity index (χ4v) is 2.29. The number of carbonyl (C=O) groups excluding carboxylic acids is 1. The minimum absolute atomic E-state index is 0.00867. The predicted molar refractivity (Wildman–Crippen MR) is 69.7 cm³/mol. The molecule has 1 N–H and O–H groups in total. The van der Waals surface area contributed by atoms with E-state index in [0.717, 1.165) is 30.5 Å². The van der Waals surface area contributed by atoms with Crippen LogP contribution in [0.3, 0.4) is 0 Å². The molecule has 0 bridgehead atoms. The van der Waals surface area contributed by atoms with Crippen LogP contribution in [0.5, 0.6) is 0 Å². The largest absolute Gasteiger partial charge is 0.443 e. The highest BCUT2D eigenvalue weighted by Gasteiger charge is 2.16. The van der Waals surface area contributed by atoms with E-state index in [1.54, 1.807) is 0 Å². The van der Waals surface area contributed by atoms with Crippen LogP contribution in [0.25, 0.3) is 11.1 Å². The Morgan fingerprint density at radius 2 is 2.42 bits per heavy atom. The zero-order chi connectivity index (χ0) is 13.1. The first-order chi connectivity index (χ1) is 9.31. The lowest BCUT2D eigenvalue weighted by molar-refractivity contribution is -0.120. The topological polar surface area (TPSA) is 64.4 Å². The lowest BCUT2D eigenvalue weighted by Gasteiger charge is -2.10. The summed E-state index contributed by atoms with van der Waals surface area (Å²) in [4.78, 5) is 15.9. The van der Waals surface area contributed by atoms with Crippen LogP contribution in [0, 0.1) is 0 Å². The number of fused-ring (bicyclic) bond motifs is 1. The minimum atomic E-state index is 0.00867. The van der Waals surface area contributed by atoms with Crippen molar-refractivity contribution >= 4 is 17.0 Å². The van der Waals surface area contributed by atoms with Crippen LogP contribution < -0.4 is 5.32 Å². The fraction of sp³-hybridized carbons (Fsp3) is 0.429. The number of rotatable bonds is 4. The molecule has 1 amide bonds. The van der Waals surface area contributed by atoms with Crippen LogP contribution in [0.4, 0.5) is 0 Å². The van der Waals surface area contributed by atoms with Gasteiger partial charge in [0.2, 0.25) is 5.91 Å². The van der Waals surface area contributed by atoms with Gasteiger partial charge in [0.15, 0.2) is 12.0 Å². The van der Waals surface area contributed by atoms with Gasteiger partial charge in [-0.05, 0) is 30.5 Å². The zero-order valence-electron chi connectivity index (χ0n) is 10.6. The summed E-state index contributed by atoms with van der Waals surface area (Å²) in [7, 11) is 0. The number of nitrogens with zero attached hydrogens (tertiary/aromatic N) is 1. The number of hydrogen-bond acceptors (Lipinski definition) is 4. The Bertz CT molecular complexity index is 573. The second-order valence-electron chi connectivity index (χ2n) is 4.77. The molecule has 1 aromatic carbocycles. The van der Waals surface area contributed by atoms with Crippen molar-refractivity contribution in [1.82, 2.24) is 10.3 Å². The molecular weight excluding hydrogens is 244 g/mol. The Labute approximate surface area is 111 Å². The second kappa shape index (κ2) is 5.40. The van der Waals surface area contributed by atoms with Crippen LogP contribution in [0.15, 0.2) is 29.0 Å². The molecule has 3 rings (SSSR count). The third-order valence-corrected chi connectivity index (χ3v) is 3.31. The molecular formula is C14H16N2O3. The van der Waals surface area contributed by atoms with Crippen molar-refractivity contribution in [3.8, 4) is 0 Å². The molecule has 0 radical (unpaired) electrons. The summed E-state index contributed by atoms with van der Waals surface area (Å²) < 4.78 is 10.7. The zero-order valence-corrected chi connectivity index (χ0v) is 10.6. The summed E-state index contributed by atoms with van der Waals surface area (Å²) in [6.45, 7) is 1.41. The van der Waals surface area contributed by atoms with Crippen molar-refractivity contribution < 1.29 is 13.9 Å². The van der Waals surface area contributed by atoms with E-state index in [9.17, 15) is 4.79 Å². The molecule has 0 saturated carbocycles. The number of aromatic nitrogens is 1. The molecule has 100 valence electrons. The summed E-state index contributed by atoms with van der Waals surface area (Å²) in [5.41, 5.74) is 2.45. The first-order valence-electron chi connectivity index (χ1n) is 6.52. The number of hydrogen-bond donors (Lipinski definition) is 1. The maximum atomic E-state index is 11.8. The molecule has 0 aliphatic carbocycles. The van der Waals surface area contributed by atoms with Gasteiger partial charge >= 0.3 is 0 Å². The van der Waals surface area contributed by atoms with E-state index in [4.69, 9.17) is 9.15 Å². The number of carbonyl (C=O) groups is 1. The second-order valence-corrected chi connectivity index (χ2v) is 4.77. The quantitative estimate of drug-likeness (QED) is 0.908. The molecule has 0 spiro atoms. The smallest absolute Gasteiger partial charge is 0.224 e. The third kappa shape index (κ3) is 2.93. The summed E-state index contributed by atoms with van der Waals surface area (Å²) >= 11 is 0. The molecule has 1 aromatic heterocycles. The van der Waals surface area contributed by atoms with Gasteiger partial charge in [-0.25, -0.2) is 4.98 Å². The van der Waals surface area contributed by atoms with Crippen LogP contribution in [-0.2, 0) is 16.0 Å². The van der Waals surface area contributed by atoms with Gasteiger partial charge in [-0.15, -0.1) is 0 Å². The molecule has 19 heavy (non-hydrogen) atoms. The number of oxazole rings is 1. The van der Waals surface area contributed by atoms with Crippen LogP contribution >= 0.6 is 0 Å². The average Bonchev–Trinajstić information content (AvgIpc) is 3.07. The highest BCUT2D eigenvalue weighted by atomic mass is 16.5. The van der Waals surface area contributed by atoms with Gasteiger partial charge in [0.05, 0.1) is 12.5 Å². The number of benzene rings is 1. The molecule has 1 fully saturated rings. The molecule has 1 unspecified atom stereocenters. The van der Waals surface area contributed by atoms with Crippen molar-refractivity contribution in [2.24, 2.45) is 0 Å². The molecule has 5 heteroatoms. The van der Waals surface area contributed by atoms with Gasteiger partial charge in [0.1, 0.15) is 5.52 Å². The van der Waals surface area contributed by atoms with Crippen LogP contribution in [0.1, 0.15) is 18.4 Å². The van der Waals surface area contributed by atoms with Crippen LogP contribution in [-0.4, -0.2) is 30.1 Å². The molecule has 2 aromatic rings. The first-order valence-corrected chi connectivity index (χ1v) is 6.52. The number of amides is 1.